The van der Waals surface area contributed by atoms with Gasteiger partial charge in [-0.1, -0.05) is 12.1 Å². The maximum absolute atomic E-state index is 12.0. The van der Waals surface area contributed by atoms with Crippen molar-refractivity contribution in [1.82, 2.24) is 4.90 Å². The molecule has 0 atom stereocenters. The van der Waals surface area contributed by atoms with Crippen molar-refractivity contribution < 1.29 is 27.8 Å². The maximum Gasteiger partial charge on any atom is 0.387 e. The van der Waals surface area contributed by atoms with E-state index in [1.165, 1.54) is 36.2 Å². The number of carbonyl (C=O) groups is 2. The Morgan fingerprint density at radius 2 is 1.86 bits per heavy atom. The minimum Gasteiger partial charge on any atom is -0.465 e. The fourth-order valence-corrected chi connectivity index (χ4v) is 1.59. The Hall–Kier alpha value is -2.18. The molecule has 21 heavy (non-hydrogen) atoms. The van der Waals surface area contributed by atoms with Gasteiger partial charge in [-0.2, -0.15) is 8.78 Å². The average molecular weight is 301 g/mol. The number of rotatable bonds is 7. The average Bonchev–Trinajstić information content (AvgIpc) is 2.40. The van der Waals surface area contributed by atoms with Gasteiger partial charge in [0.2, 0.25) is 5.91 Å². The predicted octanol–water partition coefficient (Wildman–Crippen LogP) is 1.85. The molecule has 1 amide bonds. The van der Waals surface area contributed by atoms with Crippen LogP contribution in [0.4, 0.5) is 8.78 Å². The van der Waals surface area contributed by atoms with Crippen molar-refractivity contribution in [2.75, 3.05) is 20.2 Å². The molecular weight excluding hydrogens is 284 g/mol. The molecule has 0 spiro atoms. The quantitative estimate of drug-likeness (QED) is 0.721. The zero-order valence-electron chi connectivity index (χ0n) is 11.8. The monoisotopic (exact) mass is 301 g/mol. The summed E-state index contributed by atoms with van der Waals surface area (Å²) in [6, 6.07) is 5.77. The lowest BCUT2D eigenvalue weighted by Crippen LogP contribution is -2.34. The first kappa shape index (κ1) is 16.9. The Morgan fingerprint density at radius 1 is 1.24 bits per heavy atom. The lowest BCUT2D eigenvalue weighted by atomic mass is 10.1. The highest BCUT2D eigenvalue weighted by Gasteiger charge is 2.14. The first-order chi connectivity index (χ1) is 9.92. The smallest absolute Gasteiger partial charge is 0.387 e. The number of carbonyl (C=O) groups excluding carboxylic acids is 2. The van der Waals surface area contributed by atoms with Crippen LogP contribution < -0.4 is 4.74 Å². The lowest BCUT2D eigenvalue weighted by Gasteiger charge is -2.16. The highest BCUT2D eigenvalue weighted by atomic mass is 19.3. The molecule has 0 aromatic heterocycles. The van der Waals surface area contributed by atoms with Gasteiger partial charge in [-0.25, -0.2) is 0 Å². The number of likely N-dealkylation sites (N-methyl/N-ethyl adjacent to an activating group) is 1. The second kappa shape index (κ2) is 8.18. The summed E-state index contributed by atoms with van der Waals surface area (Å²) in [5.74, 6) is -0.722. The largest absolute Gasteiger partial charge is 0.465 e. The van der Waals surface area contributed by atoms with Crippen LogP contribution in [0.3, 0.4) is 0 Å². The van der Waals surface area contributed by atoms with E-state index in [1.54, 1.807) is 6.92 Å². The fourth-order valence-electron chi connectivity index (χ4n) is 1.59. The molecule has 7 heteroatoms. The van der Waals surface area contributed by atoms with Gasteiger partial charge >= 0.3 is 12.6 Å². The van der Waals surface area contributed by atoms with E-state index >= 15 is 0 Å². The summed E-state index contributed by atoms with van der Waals surface area (Å²) in [6.07, 6.45) is 0.0604. The Labute approximate surface area is 121 Å². The molecule has 0 aliphatic rings. The van der Waals surface area contributed by atoms with Gasteiger partial charge in [0.1, 0.15) is 12.3 Å². The van der Waals surface area contributed by atoms with E-state index in [-0.39, 0.29) is 31.2 Å². The number of halogens is 2. The molecule has 116 valence electrons. The minimum absolute atomic E-state index is 0.0288. The molecule has 5 nitrogen and oxygen atoms in total. The van der Waals surface area contributed by atoms with E-state index in [4.69, 9.17) is 4.74 Å². The third kappa shape index (κ3) is 6.20. The fraction of sp³-hybridized carbons (Fsp3) is 0.429. The van der Waals surface area contributed by atoms with Crippen molar-refractivity contribution in [3.8, 4) is 5.75 Å². The first-order valence-electron chi connectivity index (χ1n) is 6.35. The van der Waals surface area contributed by atoms with E-state index < -0.39 is 12.6 Å². The van der Waals surface area contributed by atoms with Crippen molar-refractivity contribution in [3.63, 3.8) is 0 Å². The number of esters is 1. The zero-order chi connectivity index (χ0) is 15.8. The van der Waals surface area contributed by atoms with E-state index in [1.807, 2.05) is 0 Å². The maximum atomic E-state index is 12.0. The Morgan fingerprint density at radius 3 is 2.38 bits per heavy atom. The molecule has 1 rings (SSSR count). The van der Waals surface area contributed by atoms with Gasteiger partial charge in [-0.3, -0.25) is 9.59 Å². The lowest BCUT2D eigenvalue weighted by molar-refractivity contribution is -0.147. The molecular formula is C14H17F2NO4. The summed E-state index contributed by atoms with van der Waals surface area (Å²) in [4.78, 5) is 24.4. The summed E-state index contributed by atoms with van der Waals surface area (Å²) < 4.78 is 32.9. The van der Waals surface area contributed by atoms with Crippen molar-refractivity contribution >= 4 is 11.9 Å². The third-order valence-corrected chi connectivity index (χ3v) is 2.60. The molecule has 0 saturated heterocycles. The topological polar surface area (TPSA) is 55.8 Å². The zero-order valence-corrected chi connectivity index (χ0v) is 11.8. The van der Waals surface area contributed by atoms with Crippen LogP contribution in [-0.2, 0) is 20.7 Å². The molecule has 1 aromatic rings. The van der Waals surface area contributed by atoms with E-state index in [0.717, 1.165) is 0 Å². The molecule has 0 bridgehead atoms. The van der Waals surface area contributed by atoms with Crippen LogP contribution >= 0.6 is 0 Å². The van der Waals surface area contributed by atoms with Gasteiger partial charge in [0, 0.05) is 7.05 Å². The number of benzene rings is 1. The number of alkyl halides is 2. The number of nitrogens with zero attached hydrogens (tertiary/aromatic N) is 1. The van der Waals surface area contributed by atoms with Crippen molar-refractivity contribution in [2.45, 2.75) is 20.0 Å². The van der Waals surface area contributed by atoms with E-state index in [9.17, 15) is 18.4 Å². The molecule has 0 aliphatic carbocycles. The predicted molar refractivity (Wildman–Crippen MR) is 71.0 cm³/mol. The van der Waals surface area contributed by atoms with Crippen LogP contribution in [0.15, 0.2) is 24.3 Å². The molecule has 0 heterocycles. The van der Waals surface area contributed by atoms with E-state index in [0.29, 0.717) is 5.56 Å². The van der Waals surface area contributed by atoms with Gasteiger partial charge in [0.15, 0.2) is 0 Å². The molecule has 0 aliphatic heterocycles. The van der Waals surface area contributed by atoms with Crippen molar-refractivity contribution in [3.05, 3.63) is 29.8 Å². The summed E-state index contributed by atoms with van der Waals surface area (Å²) in [6.45, 7) is -1.07. The molecule has 0 N–H and O–H groups in total. The molecule has 0 fully saturated rings. The SMILES string of the molecule is CCOC(=O)CN(C)C(=O)Cc1ccc(OC(F)F)cc1. The summed E-state index contributed by atoms with van der Waals surface area (Å²) >= 11 is 0. The second-order valence-corrected chi connectivity index (χ2v) is 4.25. The Bertz CT molecular complexity index is 476. The highest BCUT2D eigenvalue weighted by Crippen LogP contribution is 2.15. The number of hydrogen-bond donors (Lipinski definition) is 0. The number of ether oxygens (including phenoxy) is 2. The minimum atomic E-state index is -2.88. The third-order valence-electron chi connectivity index (χ3n) is 2.60. The van der Waals surface area contributed by atoms with Crippen molar-refractivity contribution in [1.29, 1.82) is 0 Å². The van der Waals surface area contributed by atoms with Gasteiger partial charge < -0.3 is 14.4 Å². The normalized spacial score (nSPS) is 10.3. The molecule has 0 radical (unpaired) electrons. The molecule has 0 saturated carbocycles. The van der Waals surface area contributed by atoms with Gasteiger partial charge in [0.25, 0.3) is 0 Å². The second-order valence-electron chi connectivity index (χ2n) is 4.25. The van der Waals surface area contributed by atoms with Crippen LogP contribution in [0.2, 0.25) is 0 Å². The van der Waals surface area contributed by atoms with Crippen LogP contribution in [-0.4, -0.2) is 43.6 Å². The van der Waals surface area contributed by atoms with Gasteiger partial charge in [-0.15, -0.1) is 0 Å². The Kier molecular flexibility index (Phi) is 6.58. The number of amides is 1. The summed E-state index contributed by atoms with van der Waals surface area (Å²) in [5.41, 5.74) is 0.636. The van der Waals surface area contributed by atoms with E-state index in [2.05, 4.69) is 4.74 Å². The van der Waals surface area contributed by atoms with Crippen molar-refractivity contribution in [2.24, 2.45) is 0 Å². The number of hydrogen-bond acceptors (Lipinski definition) is 4. The molecule has 1 aromatic carbocycles. The molecule has 0 unspecified atom stereocenters. The van der Waals surface area contributed by atoms with Gasteiger partial charge in [-0.05, 0) is 24.6 Å². The van der Waals surface area contributed by atoms with Crippen LogP contribution in [0, 0.1) is 0 Å². The van der Waals surface area contributed by atoms with Crippen LogP contribution in [0.25, 0.3) is 0 Å². The Balaban J connectivity index is 2.52. The standard InChI is InChI=1S/C14H17F2NO4/c1-3-20-13(19)9-17(2)12(18)8-10-4-6-11(7-5-10)21-14(15)16/h4-7,14H,3,8-9H2,1-2H3. The first-order valence-corrected chi connectivity index (χ1v) is 6.35. The summed E-state index contributed by atoms with van der Waals surface area (Å²) in [5, 5.41) is 0. The van der Waals surface area contributed by atoms with Crippen LogP contribution in [0.1, 0.15) is 12.5 Å². The summed E-state index contributed by atoms with van der Waals surface area (Å²) in [7, 11) is 1.49. The van der Waals surface area contributed by atoms with Crippen LogP contribution in [0.5, 0.6) is 5.75 Å². The highest BCUT2D eigenvalue weighted by molar-refractivity contribution is 5.83. The van der Waals surface area contributed by atoms with Gasteiger partial charge in [0.05, 0.1) is 13.0 Å².